The Morgan fingerprint density at radius 2 is 1.92 bits per heavy atom. The van der Waals surface area contributed by atoms with Crippen molar-refractivity contribution in [3.63, 3.8) is 0 Å². The minimum absolute atomic E-state index is 0.112. The van der Waals surface area contributed by atoms with Crippen LogP contribution in [0.2, 0.25) is 0 Å². The lowest BCUT2D eigenvalue weighted by Gasteiger charge is -2.22. The molecule has 2 N–H and O–H groups in total. The first kappa shape index (κ1) is 23.8. The van der Waals surface area contributed by atoms with Gasteiger partial charge in [-0.3, -0.25) is 19.3 Å². The summed E-state index contributed by atoms with van der Waals surface area (Å²) < 4.78 is 41.1. The summed E-state index contributed by atoms with van der Waals surface area (Å²) in [6, 6.07) is 11.7. The van der Waals surface area contributed by atoms with Gasteiger partial charge in [0.1, 0.15) is 5.69 Å². The number of amides is 1. The van der Waals surface area contributed by atoms with E-state index in [1.165, 1.54) is 35.5 Å². The molecule has 1 aliphatic carbocycles. The minimum Gasteiger partial charge on any atom is -0.349 e. The zero-order valence-corrected chi connectivity index (χ0v) is 19.3. The van der Waals surface area contributed by atoms with Crippen molar-refractivity contribution in [2.75, 3.05) is 0 Å². The predicted molar refractivity (Wildman–Crippen MR) is 128 cm³/mol. The summed E-state index contributed by atoms with van der Waals surface area (Å²) in [5.41, 5.74) is 0.436. The van der Waals surface area contributed by atoms with Gasteiger partial charge in [-0.25, -0.2) is 4.98 Å². The van der Waals surface area contributed by atoms with Gasteiger partial charge in [-0.1, -0.05) is 37.5 Å². The first-order valence-corrected chi connectivity index (χ1v) is 11.8. The van der Waals surface area contributed by atoms with E-state index < -0.39 is 11.9 Å². The molecule has 1 aliphatic rings. The zero-order chi connectivity index (χ0) is 25.3. The smallest absolute Gasteiger partial charge is 0.349 e. The van der Waals surface area contributed by atoms with Crippen LogP contribution in [0.25, 0.3) is 22.0 Å². The number of rotatable bonds is 5. The maximum Gasteiger partial charge on any atom is 0.433 e. The summed E-state index contributed by atoms with van der Waals surface area (Å²) in [5.74, 6) is -0.127. The highest BCUT2D eigenvalue weighted by Crippen LogP contribution is 2.35. The van der Waals surface area contributed by atoms with Gasteiger partial charge in [-0.05, 0) is 48.2 Å². The molecule has 0 radical (unpaired) electrons. The van der Waals surface area contributed by atoms with Crippen molar-refractivity contribution < 1.29 is 18.0 Å². The van der Waals surface area contributed by atoms with E-state index >= 15 is 0 Å². The summed E-state index contributed by atoms with van der Waals surface area (Å²) in [6.45, 7) is 0.202. The van der Waals surface area contributed by atoms with Gasteiger partial charge < -0.3 is 5.32 Å². The topological polar surface area (TPSA) is 92.7 Å². The van der Waals surface area contributed by atoms with Crippen LogP contribution in [0, 0.1) is 0 Å². The number of aromatic amines is 1. The molecule has 2 aromatic carbocycles. The second-order valence-corrected chi connectivity index (χ2v) is 9.07. The number of fused-ring (bicyclic) bond motifs is 1. The van der Waals surface area contributed by atoms with E-state index in [-0.39, 0.29) is 46.1 Å². The Morgan fingerprint density at radius 3 is 2.69 bits per heavy atom. The first-order valence-electron chi connectivity index (χ1n) is 11.8. The SMILES string of the molecule is O=C(NC1CCCCC1)c1cccc(Cn2cnc3cc(-c4cn[nH]c4C(F)(F)F)ccc3c2=O)c1. The van der Waals surface area contributed by atoms with E-state index in [2.05, 4.69) is 15.4 Å². The fourth-order valence-electron chi connectivity index (χ4n) is 4.68. The Bertz CT molecular complexity index is 1470. The van der Waals surface area contributed by atoms with Crippen LogP contribution < -0.4 is 10.9 Å². The van der Waals surface area contributed by atoms with Crippen molar-refractivity contribution in [2.24, 2.45) is 0 Å². The number of carbonyl (C=O) groups excluding carboxylic acids is 1. The number of hydrogen-bond donors (Lipinski definition) is 2. The molecule has 2 heterocycles. The lowest BCUT2D eigenvalue weighted by atomic mass is 9.95. The van der Waals surface area contributed by atoms with Crippen LogP contribution in [0.4, 0.5) is 13.2 Å². The van der Waals surface area contributed by atoms with Crippen LogP contribution >= 0.6 is 0 Å². The van der Waals surface area contributed by atoms with Crippen molar-refractivity contribution in [1.82, 2.24) is 25.1 Å². The third-order valence-corrected chi connectivity index (χ3v) is 6.54. The Hall–Kier alpha value is -3.95. The van der Waals surface area contributed by atoms with Crippen molar-refractivity contribution in [2.45, 2.75) is 50.9 Å². The average molecular weight is 496 g/mol. The number of H-pyrrole nitrogens is 1. The van der Waals surface area contributed by atoms with E-state index in [4.69, 9.17) is 0 Å². The monoisotopic (exact) mass is 495 g/mol. The second-order valence-electron chi connectivity index (χ2n) is 9.07. The number of carbonyl (C=O) groups is 1. The molecule has 0 atom stereocenters. The Morgan fingerprint density at radius 1 is 1.11 bits per heavy atom. The second kappa shape index (κ2) is 9.60. The van der Waals surface area contributed by atoms with Crippen molar-refractivity contribution in [3.8, 4) is 11.1 Å². The predicted octanol–water partition coefficient (Wildman–Crippen LogP) is 4.92. The molecule has 0 saturated heterocycles. The largest absolute Gasteiger partial charge is 0.433 e. The van der Waals surface area contributed by atoms with E-state index in [0.29, 0.717) is 5.56 Å². The molecule has 5 rings (SSSR count). The van der Waals surface area contributed by atoms with Crippen molar-refractivity contribution >= 4 is 16.8 Å². The fourth-order valence-corrected chi connectivity index (χ4v) is 4.68. The molecule has 4 aromatic rings. The highest BCUT2D eigenvalue weighted by atomic mass is 19.4. The van der Waals surface area contributed by atoms with Crippen LogP contribution in [0.1, 0.15) is 53.7 Å². The lowest BCUT2D eigenvalue weighted by molar-refractivity contribution is -0.140. The molecule has 0 spiro atoms. The number of nitrogens with one attached hydrogen (secondary N) is 2. The van der Waals surface area contributed by atoms with Crippen LogP contribution in [-0.2, 0) is 12.7 Å². The molecule has 0 bridgehead atoms. The third kappa shape index (κ3) is 4.89. The molecule has 7 nitrogen and oxygen atoms in total. The highest BCUT2D eigenvalue weighted by Gasteiger charge is 2.36. The summed E-state index contributed by atoms with van der Waals surface area (Å²) in [6.07, 6.45) is 3.31. The van der Waals surface area contributed by atoms with E-state index in [1.807, 2.05) is 11.2 Å². The van der Waals surface area contributed by atoms with E-state index in [1.54, 1.807) is 18.2 Å². The standard InChI is InChI=1S/C26H24F3N5O2/c27-26(28,29)23-21(13-31-33-23)17-9-10-20-22(12-17)30-15-34(25(20)36)14-16-5-4-6-18(11-16)24(35)32-19-7-2-1-3-8-19/h4-6,9-13,15,19H,1-3,7-8,14H2,(H,31,33)(H,32,35). The van der Waals surface area contributed by atoms with Gasteiger partial charge in [0, 0.05) is 17.2 Å². The van der Waals surface area contributed by atoms with Gasteiger partial charge in [0.25, 0.3) is 11.5 Å². The van der Waals surface area contributed by atoms with E-state index in [9.17, 15) is 22.8 Å². The number of halogens is 3. The van der Waals surface area contributed by atoms with Gasteiger partial charge in [-0.15, -0.1) is 0 Å². The van der Waals surface area contributed by atoms with Crippen LogP contribution in [0.5, 0.6) is 0 Å². The molecule has 1 saturated carbocycles. The molecule has 36 heavy (non-hydrogen) atoms. The molecule has 1 fully saturated rings. The quantitative estimate of drug-likeness (QED) is 0.411. The normalized spacial score (nSPS) is 14.8. The minimum atomic E-state index is -4.58. The first-order chi connectivity index (χ1) is 17.3. The van der Waals surface area contributed by atoms with Crippen molar-refractivity contribution in [3.05, 3.63) is 82.2 Å². The van der Waals surface area contributed by atoms with Gasteiger partial charge in [0.05, 0.1) is 30.0 Å². The fraction of sp³-hybridized carbons (Fsp3) is 0.308. The zero-order valence-electron chi connectivity index (χ0n) is 19.3. The molecule has 0 aliphatic heterocycles. The summed E-state index contributed by atoms with van der Waals surface area (Å²) in [7, 11) is 0. The van der Waals surface area contributed by atoms with Crippen LogP contribution in [0.15, 0.2) is 59.8 Å². The number of aromatic nitrogens is 4. The van der Waals surface area contributed by atoms with Gasteiger partial charge in [0.15, 0.2) is 0 Å². The number of nitrogens with zero attached hydrogens (tertiary/aromatic N) is 3. The Labute approximate surface area is 204 Å². The Kier molecular flexibility index (Phi) is 6.34. The molecular formula is C26H24F3N5O2. The van der Waals surface area contributed by atoms with Crippen molar-refractivity contribution in [1.29, 1.82) is 0 Å². The molecule has 186 valence electrons. The van der Waals surface area contributed by atoms with Gasteiger partial charge in [0.2, 0.25) is 0 Å². The summed E-state index contributed by atoms with van der Waals surface area (Å²) >= 11 is 0. The van der Waals surface area contributed by atoms with E-state index in [0.717, 1.165) is 37.4 Å². The van der Waals surface area contributed by atoms with Gasteiger partial charge >= 0.3 is 6.18 Å². The molecule has 2 aromatic heterocycles. The summed E-state index contributed by atoms with van der Waals surface area (Å²) in [4.78, 5) is 30.1. The maximum atomic E-state index is 13.2. The average Bonchev–Trinajstić information content (AvgIpc) is 3.37. The molecular weight excluding hydrogens is 471 g/mol. The summed E-state index contributed by atoms with van der Waals surface area (Å²) in [5, 5.41) is 8.88. The van der Waals surface area contributed by atoms with Crippen LogP contribution in [-0.4, -0.2) is 31.7 Å². The number of benzene rings is 2. The number of hydrogen-bond acceptors (Lipinski definition) is 4. The molecule has 0 unspecified atom stereocenters. The number of alkyl halides is 3. The van der Waals surface area contributed by atoms with Gasteiger partial charge in [-0.2, -0.15) is 18.3 Å². The van der Waals surface area contributed by atoms with Crippen LogP contribution in [0.3, 0.4) is 0 Å². The molecule has 1 amide bonds. The Balaban J connectivity index is 1.38. The third-order valence-electron chi connectivity index (χ3n) is 6.54. The molecule has 10 heteroatoms. The maximum absolute atomic E-state index is 13.2. The lowest BCUT2D eigenvalue weighted by Crippen LogP contribution is -2.36. The highest BCUT2D eigenvalue weighted by molar-refractivity contribution is 5.94.